The van der Waals surface area contributed by atoms with Gasteiger partial charge in [-0.25, -0.2) is 17.2 Å². The Morgan fingerprint density at radius 2 is 1.27 bits per heavy atom. The molecule has 0 aliphatic carbocycles. The van der Waals surface area contributed by atoms with Crippen molar-refractivity contribution in [2.75, 3.05) is 35.8 Å². The predicted octanol–water partition coefficient (Wildman–Crippen LogP) is 7.08. The summed E-state index contributed by atoms with van der Waals surface area (Å²) in [7, 11) is -0.996. The van der Waals surface area contributed by atoms with Crippen LogP contribution in [0.2, 0.25) is 10.0 Å². The Bertz CT molecular complexity index is 1860. The molecule has 0 saturated heterocycles. The van der Waals surface area contributed by atoms with E-state index in [1.165, 1.54) is 38.5 Å². The monoisotopic (exact) mass is 678 g/mol. The molecule has 0 atom stereocenters. The van der Waals surface area contributed by atoms with Gasteiger partial charge in [0.05, 0.1) is 46.4 Å². The molecule has 0 spiro atoms. The summed E-state index contributed by atoms with van der Waals surface area (Å²) in [4.78, 5) is 29.0. The number of anilines is 2. The summed E-state index contributed by atoms with van der Waals surface area (Å²) in [5.74, 6) is -2.58. The van der Waals surface area contributed by atoms with Crippen LogP contribution in [0.3, 0.4) is 0 Å². The number of benzene rings is 4. The van der Waals surface area contributed by atoms with E-state index in [9.17, 15) is 26.8 Å². The molecule has 6 rings (SSSR count). The minimum Gasteiger partial charge on any atom is -0.492 e. The van der Waals surface area contributed by atoms with E-state index in [1.54, 1.807) is 28.8 Å². The molecule has 14 heteroatoms. The number of hydrogen-bond donors (Lipinski definition) is 0. The number of methoxy groups -OCH3 is 2. The lowest BCUT2D eigenvalue weighted by molar-refractivity contribution is 0.0983. The van der Waals surface area contributed by atoms with Crippen molar-refractivity contribution in [3.63, 3.8) is 0 Å². The molecule has 0 aromatic heterocycles. The number of ether oxygens (including phenoxy) is 2. The van der Waals surface area contributed by atoms with Gasteiger partial charge in [0.25, 0.3) is 11.8 Å². The van der Waals surface area contributed by atoms with Gasteiger partial charge in [0, 0.05) is 16.0 Å². The van der Waals surface area contributed by atoms with Crippen LogP contribution in [0.25, 0.3) is 0 Å². The summed E-state index contributed by atoms with van der Waals surface area (Å²) in [6.07, 6.45) is 0. The summed E-state index contributed by atoms with van der Waals surface area (Å²) in [5.41, 5.74) is 1.25. The fraction of sp³-hybridized carbons (Fsp3) is 0.133. The van der Waals surface area contributed by atoms with Crippen LogP contribution in [-0.2, 0) is 9.84 Å². The van der Waals surface area contributed by atoms with Gasteiger partial charge in [0.2, 0.25) is 0 Å². The van der Waals surface area contributed by atoms with E-state index in [2.05, 4.69) is 0 Å². The number of halogens is 4. The zero-order valence-corrected chi connectivity index (χ0v) is 26.2. The number of para-hydroxylation sites is 2. The van der Waals surface area contributed by atoms with Gasteiger partial charge in [0.15, 0.2) is 33.0 Å². The summed E-state index contributed by atoms with van der Waals surface area (Å²) in [5, 5.41) is 0.0205. The molecular formula is C30H22Cl2F2N2O6S2. The zero-order valence-electron chi connectivity index (χ0n) is 23.0. The van der Waals surface area contributed by atoms with Gasteiger partial charge in [-0.3, -0.25) is 19.4 Å². The number of hydrogen-bond acceptors (Lipinski definition) is 7. The van der Waals surface area contributed by atoms with Crippen LogP contribution in [0.1, 0.15) is 20.7 Å². The largest absolute Gasteiger partial charge is 0.492 e. The van der Waals surface area contributed by atoms with Crippen LogP contribution >= 0.6 is 35.0 Å². The van der Waals surface area contributed by atoms with Crippen molar-refractivity contribution in [2.45, 2.75) is 9.79 Å². The van der Waals surface area contributed by atoms with Crippen molar-refractivity contribution < 1.29 is 36.3 Å². The maximum absolute atomic E-state index is 13.9. The number of rotatable bonds is 4. The normalized spacial score (nSPS) is 14.3. The Morgan fingerprint density at radius 3 is 1.82 bits per heavy atom. The van der Waals surface area contributed by atoms with Crippen LogP contribution in [0.5, 0.6) is 11.5 Å². The number of amides is 2. The van der Waals surface area contributed by atoms with Gasteiger partial charge >= 0.3 is 0 Å². The summed E-state index contributed by atoms with van der Waals surface area (Å²) >= 11 is 13.4. The van der Waals surface area contributed by atoms with Crippen LogP contribution in [0.4, 0.5) is 20.2 Å². The van der Waals surface area contributed by atoms with Crippen molar-refractivity contribution in [3.8, 4) is 11.5 Å². The van der Waals surface area contributed by atoms with Crippen molar-refractivity contribution in [1.29, 1.82) is 0 Å². The second-order valence-corrected chi connectivity index (χ2v) is 13.1. The fourth-order valence-corrected chi connectivity index (χ4v) is 7.78. The Morgan fingerprint density at radius 1 is 0.773 bits per heavy atom. The Balaban J connectivity index is 0.000000175. The minimum absolute atomic E-state index is 0.0515. The molecule has 0 saturated carbocycles. The number of thioether (sulfide) groups is 1. The standard InChI is InChI=1S/C15H11ClFNO4S.C15H11ClFNO2S/c1-22-14-10(16)6-9(7-11(14)17)15(19)18-8-23(20,21)13-5-3-2-4-12(13)18;1-20-14-10(16)6-9(7-11(14)17)15(19)18-8-21-13-5-3-2-4-12(13)18/h2-7H,8H2,1H3;2-7H,8H2,1H3. The number of sulfone groups is 1. The number of carbonyl (C=O) groups excluding carboxylic acids is 2. The van der Waals surface area contributed by atoms with Gasteiger partial charge in [-0.05, 0) is 48.5 Å². The Hall–Kier alpha value is -3.84. The average Bonchev–Trinajstić information content (AvgIpc) is 3.55. The lowest BCUT2D eigenvalue weighted by Gasteiger charge is -2.17. The molecular weight excluding hydrogens is 657 g/mol. The number of fused-ring (bicyclic) bond motifs is 2. The van der Waals surface area contributed by atoms with Gasteiger partial charge in [-0.1, -0.05) is 47.5 Å². The van der Waals surface area contributed by atoms with Crippen LogP contribution in [0.15, 0.2) is 82.6 Å². The van der Waals surface area contributed by atoms with Crippen molar-refractivity contribution in [2.24, 2.45) is 0 Å². The predicted molar refractivity (Wildman–Crippen MR) is 165 cm³/mol. The molecule has 2 aliphatic rings. The fourth-order valence-electron chi connectivity index (χ4n) is 4.66. The van der Waals surface area contributed by atoms with Crippen molar-refractivity contribution in [3.05, 3.63) is 106 Å². The van der Waals surface area contributed by atoms with Gasteiger partial charge in [0.1, 0.15) is 5.88 Å². The zero-order chi connectivity index (χ0) is 31.8. The highest BCUT2D eigenvalue weighted by Crippen LogP contribution is 2.40. The molecule has 2 aliphatic heterocycles. The molecule has 0 fully saturated rings. The lowest BCUT2D eigenvalue weighted by atomic mass is 10.1. The maximum Gasteiger partial charge on any atom is 0.259 e. The highest BCUT2D eigenvalue weighted by molar-refractivity contribution is 8.00. The first-order chi connectivity index (χ1) is 21.0. The van der Waals surface area contributed by atoms with E-state index < -0.39 is 33.3 Å². The molecule has 228 valence electrons. The van der Waals surface area contributed by atoms with Crippen LogP contribution < -0.4 is 19.3 Å². The summed E-state index contributed by atoms with van der Waals surface area (Å²) in [6, 6.07) is 18.6. The highest BCUT2D eigenvalue weighted by Gasteiger charge is 2.36. The highest BCUT2D eigenvalue weighted by atomic mass is 35.5. The van der Waals surface area contributed by atoms with E-state index in [-0.39, 0.29) is 49.2 Å². The van der Waals surface area contributed by atoms with E-state index in [4.69, 9.17) is 32.7 Å². The molecule has 2 amide bonds. The Labute approximate surface area is 266 Å². The first-order valence-electron chi connectivity index (χ1n) is 12.7. The number of carbonyl (C=O) groups is 2. The Kier molecular flexibility index (Phi) is 9.07. The third-order valence-electron chi connectivity index (χ3n) is 6.68. The second kappa shape index (κ2) is 12.6. The number of nitrogens with zero attached hydrogens (tertiary/aromatic N) is 2. The van der Waals surface area contributed by atoms with Gasteiger partial charge in [-0.15, -0.1) is 11.8 Å². The quantitative estimate of drug-likeness (QED) is 0.228. The smallest absolute Gasteiger partial charge is 0.259 e. The van der Waals surface area contributed by atoms with E-state index in [0.717, 1.165) is 27.6 Å². The first kappa shape index (κ1) is 31.6. The maximum atomic E-state index is 13.9. The molecule has 0 radical (unpaired) electrons. The van der Waals surface area contributed by atoms with Gasteiger partial charge < -0.3 is 9.47 Å². The molecule has 0 bridgehead atoms. The molecule has 44 heavy (non-hydrogen) atoms. The van der Waals surface area contributed by atoms with Crippen molar-refractivity contribution >= 4 is 68.0 Å². The summed E-state index contributed by atoms with van der Waals surface area (Å²) in [6.45, 7) is 0. The molecule has 2 heterocycles. The van der Waals surface area contributed by atoms with Gasteiger partial charge in [-0.2, -0.15) is 0 Å². The average molecular weight is 680 g/mol. The molecule has 4 aromatic carbocycles. The summed E-state index contributed by atoms with van der Waals surface area (Å²) < 4.78 is 61.7. The van der Waals surface area contributed by atoms with E-state index >= 15 is 0 Å². The SMILES string of the molecule is COc1c(F)cc(C(=O)N2CS(=O)(=O)c3ccccc32)cc1Cl.COc1c(F)cc(C(=O)N2CSc3ccccc32)cc1Cl. The molecule has 0 N–H and O–H groups in total. The first-order valence-corrected chi connectivity index (χ1v) is 16.1. The van der Waals surface area contributed by atoms with Crippen LogP contribution in [-0.4, -0.2) is 46.2 Å². The van der Waals surface area contributed by atoms with Crippen molar-refractivity contribution in [1.82, 2.24) is 0 Å². The third kappa shape index (κ3) is 5.94. The molecule has 4 aromatic rings. The van der Waals surface area contributed by atoms with E-state index in [0.29, 0.717) is 5.88 Å². The third-order valence-corrected chi connectivity index (χ3v) is 9.90. The van der Waals surface area contributed by atoms with E-state index in [1.807, 2.05) is 24.3 Å². The second-order valence-electron chi connectivity index (χ2n) is 9.37. The topological polar surface area (TPSA) is 93.2 Å². The van der Waals surface area contributed by atoms with Crippen LogP contribution in [0, 0.1) is 11.6 Å². The minimum atomic E-state index is -3.59. The molecule has 0 unspecified atom stereocenters. The lowest BCUT2D eigenvalue weighted by Crippen LogP contribution is -2.30. The molecule has 8 nitrogen and oxygen atoms in total.